The highest BCUT2D eigenvalue weighted by atomic mass is 79.9. The van der Waals surface area contributed by atoms with Crippen LogP contribution in [-0.4, -0.2) is 23.5 Å². The molecule has 0 fully saturated rings. The number of aliphatic carboxylic acids is 1. The van der Waals surface area contributed by atoms with Crippen LogP contribution in [0.2, 0.25) is 0 Å². The molecule has 0 radical (unpaired) electrons. The number of halogens is 1. The van der Waals surface area contributed by atoms with Gasteiger partial charge in [-0.2, -0.15) is 0 Å². The van der Waals surface area contributed by atoms with Crippen LogP contribution in [0, 0.1) is 5.92 Å². The van der Waals surface area contributed by atoms with Crippen LogP contribution in [0.5, 0.6) is 0 Å². The van der Waals surface area contributed by atoms with Gasteiger partial charge >= 0.3 is 5.97 Å². The number of amides is 1. The summed E-state index contributed by atoms with van der Waals surface area (Å²) in [5, 5.41) is 11.5. The molecule has 17 heavy (non-hydrogen) atoms. The number of benzene rings is 1. The van der Waals surface area contributed by atoms with Crippen LogP contribution in [0.15, 0.2) is 28.7 Å². The molecule has 1 aromatic carbocycles. The van der Waals surface area contributed by atoms with Gasteiger partial charge in [-0.25, -0.2) is 0 Å². The van der Waals surface area contributed by atoms with E-state index in [2.05, 4.69) is 21.2 Å². The zero-order valence-electron chi connectivity index (χ0n) is 9.44. The van der Waals surface area contributed by atoms with Crippen molar-refractivity contribution in [2.75, 3.05) is 6.54 Å². The third kappa shape index (κ3) is 3.85. The predicted molar refractivity (Wildman–Crippen MR) is 67.9 cm³/mol. The number of nitrogens with one attached hydrogen (secondary N) is 1. The molecule has 0 aliphatic heterocycles. The van der Waals surface area contributed by atoms with Gasteiger partial charge in [-0.15, -0.1) is 0 Å². The van der Waals surface area contributed by atoms with Gasteiger partial charge in [0.05, 0.1) is 11.5 Å². The Balaban J connectivity index is 2.62. The van der Waals surface area contributed by atoms with Crippen molar-refractivity contribution in [1.29, 1.82) is 0 Å². The average molecular weight is 300 g/mol. The minimum atomic E-state index is -0.889. The molecule has 0 saturated carbocycles. The molecule has 1 rings (SSSR count). The lowest BCUT2D eigenvalue weighted by atomic mass is 10.1. The quantitative estimate of drug-likeness (QED) is 0.877. The van der Waals surface area contributed by atoms with E-state index in [1.807, 2.05) is 6.07 Å². The first-order chi connectivity index (χ1) is 8.06. The van der Waals surface area contributed by atoms with Gasteiger partial charge in [0.15, 0.2) is 0 Å². The normalized spacial score (nSPS) is 11.9. The lowest BCUT2D eigenvalue weighted by Gasteiger charge is -2.11. The zero-order valence-corrected chi connectivity index (χ0v) is 11.0. The maximum Gasteiger partial charge on any atom is 0.308 e. The first kappa shape index (κ1) is 13.7. The van der Waals surface area contributed by atoms with Gasteiger partial charge in [0.1, 0.15) is 0 Å². The molecule has 2 N–H and O–H groups in total. The summed E-state index contributed by atoms with van der Waals surface area (Å²) in [5.41, 5.74) is 0.507. The highest BCUT2D eigenvalue weighted by Gasteiger charge is 2.17. The van der Waals surface area contributed by atoms with Gasteiger partial charge in [-0.1, -0.05) is 19.1 Å². The van der Waals surface area contributed by atoms with Crippen LogP contribution in [0.3, 0.4) is 0 Å². The summed E-state index contributed by atoms with van der Waals surface area (Å²) in [5.74, 6) is -1.70. The Morgan fingerprint density at radius 1 is 1.41 bits per heavy atom. The van der Waals surface area contributed by atoms with Crippen LogP contribution in [0.25, 0.3) is 0 Å². The average Bonchev–Trinajstić information content (AvgIpc) is 2.29. The number of rotatable bonds is 5. The molecule has 0 saturated heterocycles. The number of carbonyl (C=O) groups excluding carboxylic acids is 1. The van der Waals surface area contributed by atoms with Crippen molar-refractivity contribution < 1.29 is 14.7 Å². The first-order valence-electron chi connectivity index (χ1n) is 5.31. The van der Waals surface area contributed by atoms with E-state index in [-0.39, 0.29) is 12.5 Å². The molecule has 0 aliphatic carbocycles. The Bertz CT molecular complexity index is 420. The number of hydrogen-bond acceptors (Lipinski definition) is 2. The zero-order chi connectivity index (χ0) is 12.8. The van der Waals surface area contributed by atoms with Crippen molar-refractivity contribution in [3.8, 4) is 0 Å². The second-order valence-corrected chi connectivity index (χ2v) is 4.49. The molecule has 1 atom stereocenters. The van der Waals surface area contributed by atoms with Crippen LogP contribution in [0.4, 0.5) is 0 Å². The Hall–Kier alpha value is -1.36. The van der Waals surface area contributed by atoms with Crippen molar-refractivity contribution in [3.05, 3.63) is 34.3 Å². The molecule has 0 aliphatic rings. The number of carboxylic acid groups (broad SMARTS) is 1. The Labute approximate surface area is 108 Å². The van der Waals surface area contributed by atoms with Gasteiger partial charge in [-0.3, -0.25) is 9.59 Å². The van der Waals surface area contributed by atoms with Gasteiger partial charge in [-0.05, 0) is 34.5 Å². The van der Waals surface area contributed by atoms with Gasteiger partial charge in [0.25, 0.3) is 5.91 Å². The summed E-state index contributed by atoms with van der Waals surface area (Å²) in [6, 6.07) is 7.02. The minimum Gasteiger partial charge on any atom is -0.481 e. The molecule has 1 amide bonds. The van der Waals surface area contributed by atoms with Gasteiger partial charge in [0.2, 0.25) is 0 Å². The van der Waals surface area contributed by atoms with E-state index in [1.54, 1.807) is 25.1 Å². The predicted octanol–water partition coefficient (Wildman–Crippen LogP) is 2.29. The SMILES string of the molecule is CCC(CNC(=O)c1ccccc1Br)C(=O)O. The fourth-order valence-corrected chi connectivity index (χ4v) is 1.83. The fraction of sp³-hybridized carbons (Fsp3) is 0.333. The maximum absolute atomic E-state index is 11.8. The van der Waals surface area contributed by atoms with Crippen LogP contribution in [-0.2, 0) is 4.79 Å². The highest BCUT2D eigenvalue weighted by molar-refractivity contribution is 9.10. The van der Waals surface area contributed by atoms with Crippen molar-refractivity contribution in [2.24, 2.45) is 5.92 Å². The van der Waals surface area contributed by atoms with E-state index >= 15 is 0 Å². The summed E-state index contributed by atoms with van der Waals surface area (Å²) in [6.45, 7) is 1.93. The Morgan fingerprint density at radius 3 is 2.59 bits per heavy atom. The molecule has 4 nitrogen and oxygen atoms in total. The van der Waals surface area contributed by atoms with E-state index in [0.717, 1.165) is 0 Å². The second kappa shape index (κ2) is 6.39. The summed E-state index contributed by atoms with van der Waals surface area (Å²) in [6.07, 6.45) is 0.492. The molecule has 0 bridgehead atoms. The topological polar surface area (TPSA) is 66.4 Å². The second-order valence-electron chi connectivity index (χ2n) is 3.63. The molecule has 0 spiro atoms. The number of hydrogen-bond donors (Lipinski definition) is 2. The molecule has 92 valence electrons. The lowest BCUT2D eigenvalue weighted by Crippen LogP contribution is -2.32. The molecule has 1 unspecified atom stereocenters. The smallest absolute Gasteiger partial charge is 0.308 e. The molecule has 1 aromatic rings. The molecule has 5 heteroatoms. The Morgan fingerprint density at radius 2 is 2.06 bits per heavy atom. The highest BCUT2D eigenvalue weighted by Crippen LogP contribution is 2.15. The third-order valence-corrected chi connectivity index (χ3v) is 3.16. The van der Waals surface area contributed by atoms with E-state index in [0.29, 0.717) is 16.5 Å². The van der Waals surface area contributed by atoms with E-state index in [9.17, 15) is 9.59 Å². The minimum absolute atomic E-state index is 0.145. The monoisotopic (exact) mass is 299 g/mol. The van der Waals surface area contributed by atoms with Crippen LogP contribution < -0.4 is 5.32 Å². The van der Waals surface area contributed by atoms with Crippen LogP contribution in [0.1, 0.15) is 23.7 Å². The third-order valence-electron chi connectivity index (χ3n) is 2.47. The standard InChI is InChI=1S/C12H14BrNO3/c1-2-8(12(16)17)7-14-11(15)9-5-3-4-6-10(9)13/h3-6,8H,2,7H2,1H3,(H,14,15)(H,16,17). The molecular formula is C12H14BrNO3. The molecule has 0 heterocycles. The van der Waals surface area contributed by atoms with Crippen molar-refractivity contribution >= 4 is 27.8 Å². The van der Waals surface area contributed by atoms with Crippen LogP contribution >= 0.6 is 15.9 Å². The molecule has 0 aromatic heterocycles. The summed E-state index contributed by atoms with van der Waals surface area (Å²) in [7, 11) is 0. The molecular weight excluding hydrogens is 286 g/mol. The van der Waals surface area contributed by atoms with Crippen molar-refractivity contribution in [2.45, 2.75) is 13.3 Å². The van der Waals surface area contributed by atoms with Crippen molar-refractivity contribution in [1.82, 2.24) is 5.32 Å². The van der Waals surface area contributed by atoms with E-state index < -0.39 is 11.9 Å². The summed E-state index contributed by atoms with van der Waals surface area (Å²) >= 11 is 3.27. The fourth-order valence-electron chi connectivity index (χ4n) is 1.36. The summed E-state index contributed by atoms with van der Waals surface area (Å²) in [4.78, 5) is 22.6. The van der Waals surface area contributed by atoms with E-state index in [1.165, 1.54) is 0 Å². The first-order valence-corrected chi connectivity index (χ1v) is 6.11. The number of carboxylic acids is 1. The Kier molecular flexibility index (Phi) is 5.15. The number of carbonyl (C=O) groups is 2. The van der Waals surface area contributed by atoms with E-state index in [4.69, 9.17) is 5.11 Å². The van der Waals surface area contributed by atoms with Gasteiger partial charge in [0, 0.05) is 11.0 Å². The lowest BCUT2D eigenvalue weighted by molar-refractivity contribution is -0.141. The van der Waals surface area contributed by atoms with Crippen molar-refractivity contribution in [3.63, 3.8) is 0 Å². The maximum atomic E-state index is 11.8. The largest absolute Gasteiger partial charge is 0.481 e. The van der Waals surface area contributed by atoms with Gasteiger partial charge < -0.3 is 10.4 Å². The summed E-state index contributed by atoms with van der Waals surface area (Å²) < 4.78 is 0.695.